The van der Waals surface area contributed by atoms with Crippen LogP contribution < -0.4 is 0 Å². The van der Waals surface area contributed by atoms with E-state index >= 15 is 0 Å². The van der Waals surface area contributed by atoms with Crippen molar-refractivity contribution in [2.45, 2.75) is 19.4 Å². The van der Waals surface area contributed by atoms with Crippen molar-refractivity contribution in [1.82, 2.24) is 4.90 Å². The molecule has 3 aromatic rings. The van der Waals surface area contributed by atoms with Crippen LogP contribution in [0.3, 0.4) is 0 Å². The molecule has 0 spiro atoms. The lowest BCUT2D eigenvalue weighted by atomic mass is 9.95. The molecule has 0 saturated carbocycles. The summed E-state index contributed by atoms with van der Waals surface area (Å²) in [6.45, 7) is 3.15. The molecule has 0 unspecified atom stereocenters. The molecule has 1 aliphatic rings. The van der Waals surface area contributed by atoms with Crippen molar-refractivity contribution in [2.24, 2.45) is 5.92 Å². The smallest absolute Gasteiger partial charge is 0.220 e. The molecule has 3 nitrogen and oxygen atoms in total. The van der Waals surface area contributed by atoms with Crippen molar-refractivity contribution < 1.29 is 9.21 Å². The second-order valence-corrected chi connectivity index (χ2v) is 6.97. The highest BCUT2D eigenvalue weighted by molar-refractivity contribution is 6.04. The maximum absolute atomic E-state index is 12.4. The van der Waals surface area contributed by atoms with Gasteiger partial charge in [-0.05, 0) is 55.6 Å². The van der Waals surface area contributed by atoms with E-state index in [2.05, 4.69) is 41.3 Å². The number of hydrogen-bond donors (Lipinski definition) is 0. The summed E-state index contributed by atoms with van der Waals surface area (Å²) in [5.41, 5.74) is 2.13. The van der Waals surface area contributed by atoms with Gasteiger partial charge in [0.15, 0.2) is 5.76 Å². The molecule has 0 radical (unpaired) electrons. The van der Waals surface area contributed by atoms with Crippen LogP contribution in [-0.2, 0) is 6.54 Å². The maximum atomic E-state index is 12.4. The summed E-state index contributed by atoms with van der Waals surface area (Å²) in [7, 11) is 0. The standard InChI is InChI=1S/C23H23NO2/c25-21(23-16-20-8-4-5-9-22(20)26-23)11-10-18-12-14-24(15-13-18)17-19-6-2-1-3-7-19/h1-11,16,18H,12-15,17H2/b11-10+. The summed E-state index contributed by atoms with van der Waals surface area (Å²) in [5.74, 6) is 0.840. The third-order valence-electron chi connectivity index (χ3n) is 5.07. The number of carbonyl (C=O) groups is 1. The molecule has 3 heteroatoms. The van der Waals surface area contributed by atoms with E-state index < -0.39 is 0 Å². The molecule has 0 atom stereocenters. The van der Waals surface area contributed by atoms with Gasteiger partial charge >= 0.3 is 0 Å². The molecular formula is C23H23NO2. The van der Waals surface area contributed by atoms with E-state index in [0.717, 1.165) is 43.4 Å². The number of para-hydroxylation sites is 1. The van der Waals surface area contributed by atoms with E-state index in [0.29, 0.717) is 11.7 Å². The van der Waals surface area contributed by atoms with Crippen LogP contribution in [-0.4, -0.2) is 23.8 Å². The lowest BCUT2D eigenvalue weighted by Gasteiger charge is -2.30. The molecule has 1 saturated heterocycles. The fraction of sp³-hybridized carbons (Fsp3) is 0.261. The molecule has 0 amide bonds. The lowest BCUT2D eigenvalue weighted by molar-refractivity contribution is 0.102. The summed E-state index contributed by atoms with van der Waals surface area (Å²) in [4.78, 5) is 14.9. The van der Waals surface area contributed by atoms with Gasteiger partial charge in [0.05, 0.1) is 0 Å². The number of benzene rings is 2. The Kier molecular flexibility index (Phi) is 4.98. The van der Waals surface area contributed by atoms with E-state index in [1.54, 1.807) is 6.08 Å². The third kappa shape index (κ3) is 3.94. The average molecular weight is 345 g/mol. The molecule has 26 heavy (non-hydrogen) atoms. The molecule has 1 fully saturated rings. The number of likely N-dealkylation sites (tertiary alicyclic amines) is 1. The molecule has 132 valence electrons. The monoisotopic (exact) mass is 345 g/mol. The molecule has 2 aromatic carbocycles. The normalized spacial score (nSPS) is 16.5. The number of fused-ring (bicyclic) bond motifs is 1. The van der Waals surface area contributed by atoms with E-state index in [1.165, 1.54) is 5.56 Å². The summed E-state index contributed by atoms with van der Waals surface area (Å²) in [6.07, 6.45) is 5.94. The summed E-state index contributed by atoms with van der Waals surface area (Å²) in [5, 5.41) is 0.971. The predicted molar refractivity (Wildman–Crippen MR) is 104 cm³/mol. The Morgan fingerprint density at radius 1 is 1.04 bits per heavy atom. The number of ketones is 1. The minimum Gasteiger partial charge on any atom is -0.453 e. The third-order valence-corrected chi connectivity index (χ3v) is 5.07. The van der Waals surface area contributed by atoms with E-state index in [-0.39, 0.29) is 5.78 Å². The highest BCUT2D eigenvalue weighted by Crippen LogP contribution is 2.22. The highest BCUT2D eigenvalue weighted by atomic mass is 16.3. The van der Waals surface area contributed by atoms with Crippen molar-refractivity contribution in [3.63, 3.8) is 0 Å². The van der Waals surface area contributed by atoms with Crippen LogP contribution in [0.25, 0.3) is 11.0 Å². The number of piperidine rings is 1. The van der Waals surface area contributed by atoms with Crippen LogP contribution >= 0.6 is 0 Å². The summed E-state index contributed by atoms with van der Waals surface area (Å²) in [6, 6.07) is 20.1. The maximum Gasteiger partial charge on any atom is 0.220 e. The summed E-state index contributed by atoms with van der Waals surface area (Å²) < 4.78 is 5.64. The zero-order valence-corrected chi connectivity index (χ0v) is 14.8. The van der Waals surface area contributed by atoms with Crippen LogP contribution in [0.2, 0.25) is 0 Å². The van der Waals surface area contributed by atoms with Gasteiger partial charge in [0, 0.05) is 11.9 Å². The Morgan fingerprint density at radius 2 is 1.77 bits per heavy atom. The van der Waals surface area contributed by atoms with Gasteiger partial charge < -0.3 is 4.42 Å². The second-order valence-electron chi connectivity index (χ2n) is 6.97. The SMILES string of the molecule is O=C(/C=C/C1CCN(Cc2ccccc2)CC1)c1cc2ccccc2o1. The fourth-order valence-corrected chi connectivity index (χ4v) is 3.55. The van der Waals surface area contributed by atoms with E-state index in [4.69, 9.17) is 4.42 Å². The zero-order valence-electron chi connectivity index (χ0n) is 14.8. The van der Waals surface area contributed by atoms with Crippen molar-refractivity contribution in [3.8, 4) is 0 Å². The predicted octanol–water partition coefficient (Wildman–Crippen LogP) is 5.08. The van der Waals surface area contributed by atoms with E-state index in [9.17, 15) is 4.79 Å². The molecule has 2 heterocycles. The van der Waals surface area contributed by atoms with Gasteiger partial charge in [-0.15, -0.1) is 0 Å². The first-order valence-electron chi connectivity index (χ1n) is 9.25. The first-order valence-corrected chi connectivity index (χ1v) is 9.25. The number of rotatable bonds is 5. The topological polar surface area (TPSA) is 33.5 Å². The fourth-order valence-electron chi connectivity index (χ4n) is 3.55. The number of nitrogens with zero attached hydrogens (tertiary/aromatic N) is 1. The van der Waals surface area contributed by atoms with Crippen molar-refractivity contribution >= 4 is 16.8 Å². The quantitative estimate of drug-likeness (QED) is 0.477. The van der Waals surface area contributed by atoms with Gasteiger partial charge in [0.2, 0.25) is 5.78 Å². The van der Waals surface area contributed by atoms with Crippen LogP contribution in [0.5, 0.6) is 0 Å². The van der Waals surface area contributed by atoms with Gasteiger partial charge in [0.1, 0.15) is 5.58 Å². The first-order chi connectivity index (χ1) is 12.8. The second kappa shape index (κ2) is 7.71. The van der Waals surface area contributed by atoms with Crippen LogP contribution in [0.4, 0.5) is 0 Å². The molecule has 0 aliphatic carbocycles. The highest BCUT2D eigenvalue weighted by Gasteiger charge is 2.18. The number of furan rings is 1. The van der Waals surface area contributed by atoms with Crippen molar-refractivity contribution in [2.75, 3.05) is 13.1 Å². The minimum absolute atomic E-state index is 0.0482. The van der Waals surface area contributed by atoms with Gasteiger partial charge in [-0.25, -0.2) is 0 Å². The Hall–Kier alpha value is -2.65. The lowest BCUT2D eigenvalue weighted by Crippen LogP contribution is -2.32. The van der Waals surface area contributed by atoms with Crippen LogP contribution in [0, 0.1) is 5.92 Å². The van der Waals surface area contributed by atoms with Crippen LogP contribution in [0.1, 0.15) is 29.0 Å². The molecule has 1 aromatic heterocycles. The first kappa shape index (κ1) is 16.8. The number of allylic oxidation sites excluding steroid dienone is 2. The molecule has 4 rings (SSSR count). The molecule has 0 bridgehead atoms. The Morgan fingerprint density at radius 3 is 2.54 bits per heavy atom. The minimum atomic E-state index is -0.0482. The average Bonchev–Trinajstić information content (AvgIpc) is 3.12. The zero-order chi connectivity index (χ0) is 17.8. The Bertz CT molecular complexity index is 869. The van der Waals surface area contributed by atoms with Gasteiger partial charge in [-0.2, -0.15) is 0 Å². The largest absolute Gasteiger partial charge is 0.453 e. The van der Waals surface area contributed by atoms with Crippen LogP contribution in [0.15, 0.2) is 77.2 Å². The van der Waals surface area contributed by atoms with Gasteiger partial charge in [-0.1, -0.05) is 54.6 Å². The summed E-state index contributed by atoms with van der Waals surface area (Å²) >= 11 is 0. The van der Waals surface area contributed by atoms with Crippen molar-refractivity contribution in [1.29, 1.82) is 0 Å². The molecule has 0 N–H and O–H groups in total. The van der Waals surface area contributed by atoms with Gasteiger partial charge in [-0.3, -0.25) is 9.69 Å². The molecule has 1 aliphatic heterocycles. The van der Waals surface area contributed by atoms with E-state index in [1.807, 2.05) is 30.3 Å². The Labute approximate surface area is 153 Å². The van der Waals surface area contributed by atoms with Gasteiger partial charge in [0.25, 0.3) is 0 Å². The Balaban J connectivity index is 1.31. The van der Waals surface area contributed by atoms with Crippen molar-refractivity contribution in [3.05, 3.63) is 84.1 Å². The molecular weight excluding hydrogens is 322 g/mol. The number of carbonyl (C=O) groups excluding carboxylic acids is 1. The number of hydrogen-bond acceptors (Lipinski definition) is 3.